The Kier molecular flexibility index (Phi) is 5.88. The Morgan fingerprint density at radius 1 is 1.30 bits per heavy atom. The van der Waals surface area contributed by atoms with Crippen molar-refractivity contribution in [3.63, 3.8) is 0 Å². The van der Waals surface area contributed by atoms with Gasteiger partial charge in [0, 0.05) is 0 Å². The molecule has 3 nitrogen and oxygen atoms in total. The van der Waals surface area contributed by atoms with Gasteiger partial charge in [0.05, 0.1) is 23.9 Å². The summed E-state index contributed by atoms with van der Waals surface area (Å²) in [4.78, 5) is 0. The molecule has 0 bridgehead atoms. The van der Waals surface area contributed by atoms with E-state index in [1.807, 2.05) is 13.8 Å². The summed E-state index contributed by atoms with van der Waals surface area (Å²) >= 11 is 0. The molecule has 2 aliphatic rings. The molecule has 0 amide bonds. The summed E-state index contributed by atoms with van der Waals surface area (Å²) in [7, 11) is 0. The minimum Gasteiger partial charge on any atom is -0.389 e. The van der Waals surface area contributed by atoms with Crippen molar-refractivity contribution in [2.75, 3.05) is 0 Å². The molecule has 2 rings (SSSR count). The molecule has 0 saturated carbocycles. The van der Waals surface area contributed by atoms with Gasteiger partial charge < -0.3 is 14.9 Å². The quantitative estimate of drug-likeness (QED) is 0.569. The maximum Gasteiger partial charge on any atom is 0.0923 e. The third-order valence-corrected chi connectivity index (χ3v) is 5.38. The summed E-state index contributed by atoms with van der Waals surface area (Å²) in [5.74, 6) is 0.248. The molecular formula is C20H32O3. The van der Waals surface area contributed by atoms with Crippen molar-refractivity contribution in [3.05, 3.63) is 35.5 Å². The van der Waals surface area contributed by atoms with Crippen LogP contribution < -0.4 is 0 Å². The number of hydrogen-bond donors (Lipinski definition) is 2. The number of hydrogen-bond acceptors (Lipinski definition) is 3. The van der Waals surface area contributed by atoms with E-state index in [4.69, 9.17) is 4.74 Å². The van der Waals surface area contributed by atoms with Crippen molar-refractivity contribution in [3.8, 4) is 0 Å². The Morgan fingerprint density at radius 3 is 2.65 bits per heavy atom. The van der Waals surface area contributed by atoms with Gasteiger partial charge in [-0.15, -0.1) is 0 Å². The van der Waals surface area contributed by atoms with Crippen molar-refractivity contribution in [2.24, 2.45) is 5.92 Å². The van der Waals surface area contributed by atoms with Crippen LogP contribution >= 0.6 is 0 Å². The van der Waals surface area contributed by atoms with Crippen LogP contribution in [0, 0.1) is 5.92 Å². The van der Waals surface area contributed by atoms with Crippen LogP contribution in [0.25, 0.3) is 0 Å². The molecule has 0 aromatic heterocycles. The van der Waals surface area contributed by atoms with Gasteiger partial charge in [0.1, 0.15) is 0 Å². The molecule has 3 heteroatoms. The third kappa shape index (κ3) is 5.03. The maximum absolute atomic E-state index is 10.5. The number of rotatable bonds is 1. The molecule has 1 fully saturated rings. The molecule has 0 spiro atoms. The maximum atomic E-state index is 10.5. The summed E-state index contributed by atoms with van der Waals surface area (Å²) in [5.41, 5.74) is 3.09. The van der Waals surface area contributed by atoms with Crippen molar-refractivity contribution in [1.82, 2.24) is 0 Å². The van der Waals surface area contributed by atoms with Crippen LogP contribution in [-0.4, -0.2) is 34.1 Å². The second kappa shape index (κ2) is 7.33. The Bertz CT molecular complexity index is 505. The van der Waals surface area contributed by atoms with Gasteiger partial charge in [0.2, 0.25) is 0 Å². The fraction of sp³-hybridized carbons (Fsp3) is 0.700. The number of fused-ring (bicyclic) bond motifs is 1. The lowest BCUT2D eigenvalue weighted by Gasteiger charge is -2.22. The van der Waals surface area contributed by atoms with Crippen molar-refractivity contribution >= 4 is 0 Å². The normalized spacial score (nSPS) is 39.6. The van der Waals surface area contributed by atoms with Crippen molar-refractivity contribution in [1.29, 1.82) is 0 Å². The van der Waals surface area contributed by atoms with E-state index in [0.29, 0.717) is 12.8 Å². The number of aliphatic hydroxyl groups excluding tert-OH is 2. The summed E-state index contributed by atoms with van der Waals surface area (Å²) in [5, 5.41) is 20.7. The Labute approximate surface area is 140 Å². The molecule has 0 aromatic rings. The highest BCUT2D eigenvalue weighted by Crippen LogP contribution is 2.45. The van der Waals surface area contributed by atoms with Crippen LogP contribution in [0.4, 0.5) is 0 Å². The van der Waals surface area contributed by atoms with E-state index in [2.05, 4.69) is 26.5 Å². The SMILES string of the molecule is C=C(C)C1CC(O)C(C)=CC(O)CC(C)=CCCC2(C)OC2C1. The Morgan fingerprint density at radius 2 is 2.00 bits per heavy atom. The largest absolute Gasteiger partial charge is 0.389 e. The van der Waals surface area contributed by atoms with E-state index in [1.165, 1.54) is 5.57 Å². The Hall–Kier alpha value is -0.900. The zero-order chi connectivity index (χ0) is 17.2. The summed E-state index contributed by atoms with van der Waals surface area (Å²) in [6.45, 7) is 12.3. The average Bonchev–Trinajstić information content (AvgIpc) is 3.06. The zero-order valence-electron chi connectivity index (χ0n) is 15.0. The first-order chi connectivity index (χ1) is 10.7. The molecule has 0 radical (unpaired) electrons. The summed E-state index contributed by atoms with van der Waals surface area (Å²) in [6.07, 6.45) is 7.36. The first-order valence-electron chi connectivity index (χ1n) is 8.74. The number of ether oxygens (including phenoxy) is 1. The lowest BCUT2D eigenvalue weighted by Crippen LogP contribution is -2.20. The van der Waals surface area contributed by atoms with E-state index in [-0.39, 0.29) is 17.6 Å². The molecule has 0 aromatic carbocycles. The monoisotopic (exact) mass is 320 g/mol. The lowest BCUT2D eigenvalue weighted by atomic mass is 9.85. The van der Waals surface area contributed by atoms with Crippen LogP contribution in [0.3, 0.4) is 0 Å². The van der Waals surface area contributed by atoms with Gasteiger partial charge in [0.15, 0.2) is 0 Å². The first-order valence-corrected chi connectivity index (χ1v) is 8.74. The topological polar surface area (TPSA) is 53.0 Å². The molecular weight excluding hydrogens is 288 g/mol. The third-order valence-electron chi connectivity index (χ3n) is 5.38. The van der Waals surface area contributed by atoms with Gasteiger partial charge in [-0.05, 0) is 71.3 Å². The van der Waals surface area contributed by atoms with Crippen LogP contribution in [0.2, 0.25) is 0 Å². The van der Waals surface area contributed by atoms with Crippen molar-refractivity contribution < 1.29 is 14.9 Å². The van der Waals surface area contributed by atoms with E-state index >= 15 is 0 Å². The smallest absolute Gasteiger partial charge is 0.0923 e. The molecule has 1 aliphatic carbocycles. The van der Waals surface area contributed by atoms with E-state index in [1.54, 1.807) is 6.08 Å². The number of allylic oxidation sites excluding steroid dienone is 2. The fourth-order valence-electron chi connectivity index (χ4n) is 3.51. The van der Waals surface area contributed by atoms with Crippen LogP contribution in [0.1, 0.15) is 59.8 Å². The molecule has 5 atom stereocenters. The van der Waals surface area contributed by atoms with Crippen LogP contribution in [0.15, 0.2) is 35.5 Å². The predicted molar refractivity (Wildman–Crippen MR) is 94.2 cm³/mol. The molecule has 130 valence electrons. The lowest BCUT2D eigenvalue weighted by molar-refractivity contribution is 0.171. The molecule has 1 saturated heterocycles. The average molecular weight is 320 g/mol. The molecule has 1 heterocycles. The standard InChI is InChI=1S/C20H32O3/c1-13(2)16-11-18(22)15(4)10-17(21)9-14(3)7-6-8-20(5)19(12-16)23-20/h7,10,16-19,21-22H,1,6,8-9,11-12H2,2-5H3. The highest BCUT2D eigenvalue weighted by molar-refractivity contribution is 5.14. The minimum absolute atomic E-state index is 0.0386. The summed E-state index contributed by atoms with van der Waals surface area (Å²) in [6, 6.07) is 0. The van der Waals surface area contributed by atoms with Gasteiger partial charge in [0.25, 0.3) is 0 Å². The number of aliphatic hydroxyl groups is 2. The predicted octanol–water partition coefficient (Wildman–Crippen LogP) is 3.91. The van der Waals surface area contributed by atoms with E-state index in [0.717, 1.165) is 30.4 Å². The van der Waals surface area contributed by atoms with Gasteiger partial charge in [-0.25, -0.2) is 0 Å². The molecule has 5 unspecified atom stereocenters. The van der Waals surface area contributed by atoms with Crippen molar-refractivity contribution in [2.45, 2.75) is 83.7 Å². The Balaban J connectivity index is 2.18. The second-order valence-electron chi connectivity index (χ2n) is 7.72. The minimum atomic E-state index is -0.538. The first kappa shape index (κ1) is 18.4. The highest BCUT2D eigenvalue weighted by Gasteiger charge is 2.51. The van der Waals surface area contributed by atoms with Gasteiger partial charge >= 0.3 is 0 Å². The van der Waals surface area contributed by atoms with Crippen LogP contribution in [-0.2, 0) is 4.74 Å². The fourth-order valence-corrected chi connectivity index (χ4v) is 3.51. The summed E-state index contributed by atoms with van der Waals surface area (Å²) < 4.78 is 5.96. The van der Waals surface area contributed by atoms with E-state index < -0.39 is 12.2 Å². The zero-order valence-corrected chi connectivity index (χ0v) is 15.0. The van der Waals surface area contributed by atoms with Crippen LogP contribution in [0.5, 0.6) is 0 Å². The van der Waals surface area contributed by atoms with E-state index in [9.17, 15) is 10.2 Å². The highest BCUT2D eigenvalue weighted by atomic mass is 16.6. The molecule has 23 heavy (non-hydrogen) atoms. The molecule has 1 aliphatic heterocycles. The second-order valence-corrected chi connectivity index (χ2v) is 7.72. The van der Waals surface area contributed by atoms with Gasteiger partial charge in [-0.3, -0.25) is 0 Å². The molecule has 2 N–H and O–H groups in total. The van der Waals surface area contributed by atoms with Gasteiger partial charge in [-0.1, -0.05) is 29.9 Å². The van der Waals surface area contributed by atoms with Gasteiger partial charge in [-0.2, -0.15) is 0 Å². The number of epoxide rings is 1.